The molecule has 1 aromatic heterocycles. The molecule has 2 aliphatic carbocycles. The van der Waals surface area contributed by atoms with Crippen molar-refractivity contribution in [2.24, 2.45) is 0 Å². The molecule has 3 rings (SSSR count). The molecule has 0 radical (unpaired) electrons. The number of nitrogens with zero attached hydrogens (tertiary/aromatic N) is 2. The highest BCUT2D eigenvalue weighted by Gasteiger charge is 2.38. The first kappa shape index (κ1) is 18.7. The summed E-state index contributed by atoms with van der Waals surface area (Å²) in [6, 6.07) is -0.0847. The van der Waals surface area contributed by atoms with Crippen LogP contribution in [0.4, 0.5) is 13.2 Å². The summed E-state index contributed by atoms with van der Waals surface area (Å²) in [5.74, 6) is 0.632. The van der Waals surface area contributed by atoms with Gasteiger partial charge in [0.25, 0.3) is 0 Å². The van der Waals surface area contributed by atoms with E-state index in [-0.39, 0.29) is 17.2 Å². The summed E-state index contributed by atoms with van der Waals surface area (Å²) in [5, 5.41) is -0.368. The minimum absolute atomic E-state index is 0.0810. The van der Waals surface area contributed by atoms with Crippen molar-refractivity contribution < 1.29 is 21.6 Å². The van der Waals surface area contributed by atoms with E-state index in [1.807, 2.05) is 0 Å². The highest BCUT2D eigenvalue weighted by molar-refractivity contribution is 7.91. The highest BCUT2D eigenvalue weighted by Crippen LogP contribution is 2.40. The zero-order chi connectivity index (χ0) is 18.2. The molecule has 0 amide bonds. The van der Waals surface area contributed by atoms with Crippen LogP contribution in [0.3, 0.4) is 0 Å². The van der Waals surface area contributed by atoms with Crippen LogP contribution < -0.4 is 0 Å². The minimum atomic E-state index is -4.45. The van der Waals surface area contributed by atoms with E-state index in [1.165, 1.54) is 6.26 Å². The normalized spacial score (nSPS) is 26.7. The molecule has 1 heterocycles. The van der Waals surface area contributed by atoms with E-state index in [0.29, 0.717) is 31.5 Å². The fourth-order valence-electron chi connectivity index (χ4n) is 4.25. The van der Waals surface area contributed by atoms with Gasteiger partial charge in [-0.25, -0.2) is 13.4 Å². The first-order chi connectivity index (χ1) is 11.7. The lowest BCUT2D eigenvalue weighted by Crippen LogP contribution is -2.28. The second-order valence-corrected chi connectivity index (χ2v) is 9.81. The van der Waals surface area contributed by atoms with E-state index >= 15 is 0 Å². The van der Waals surface area contributed by atoms with Crippen molar-refractivity contribution in [2.45, 2.75) is 81.2 Å². The fraction of sp³-hybridized carbons (Fsp3) is 0.824. The van der Waals surface area contributed by atoms with Gasteiger partial charge in [0.2, 0.25) is 0 Å². The lowest BCUT2D eigenvalue weighted by Gasteiger charge is -2.31. The maximum atomic E-state index is 13.2. The van der Waals surface area contributed by atoms with Gasteiger partial charge in [-0.05, 0) is 38.5 Å². The molecule has 0 atom stereocenters. The third-order valence-corrected chi connectivity index (χ3v) is 7.35. The second-order valence-electron chi connectivity index (χ2n) is 7.48. The summed E-state index contributed by atoms with van der Waals surface area (Å²) in [6.45, 7) is 0. The number of alkyl halides is 3. The van der Waals surface area contributed by atoms with Crippen molar-refractivity contribution in [3.05, 3.63) is 17.7 Å². The van der Waals surface area contributed by atoms with Gasteiger partial charge in [-0.1, -0.05) is 19.3 Å². The summed E-state index contributed by atoms with van der Waals surface area (Å²) < 4.78 is 64.7. The first-order valence-corrected chi connectivity index (χ1v) is 11.0. The van der Waals surface area contributed by atoms with Crippen LogP contribution in [0.1, 0.15) is 81.3 Å². The Kier molecular flexibility index (Phi) is 5.19. The van der Waals surface area contributed by atoms with Crippen molar-refractivity contribution in [3.8, 4) is 0 Å². The zero-order valence-electron chi connectivity index (χ0n) is 14.4. The maximum absolute atomic E-state index is 13.2. The van der Waals surface area contributed by atoms with Gasteiger partial charge in [0.1, 0.15) is 15.7 Å². The molecule has 0 aliphatic heterocycles. The summed E-state index contributed by atoms with van der Waals surface area (Å²) in [4.78, 5) is 3.97. The second kappa shape index (κ2) is 6.93. The van der Waals surface area contributed by atoms with Gasteiger partial charge in [0, 0.05) is 24.4 Å². The van der Waals surface area contributed by atoms with Gasteiger partial charge in [-0.3, -0.25) is 0 Å². The molecular weight excluding hydrogens is 353 g/mol. The SMILES string of the molecule is CS(=O)(=O)C1CCC(n2cc(C(F)(F)F)nc2C2CCCCC2)CC1. The molecule has 142 valence electrons. The molecule has 8 heteroatoms. The molecule has 2 aliphatic rings. The van der Waals surface area contributed by atoms with E-state index in [1.54, 1.807) is 4.57 Å². The number of imidazole rings is 1. The quantitative estimate of drug-likeness (QED) is 0.779. The smallest absolute Gasteiger partial charge is 0.331 e. The number of hydrogen-bond donors (Lipinski definition) is 0. The monoisotopic (exact) mass is 378 g/mol. The molecule has 0 spiro atoms. The Balaban J connectivity index is 1.85. The van der Waals surface area contributed by atoms with E-state index in [0.717, 1.165) is 38.3 Å². The number of rotatable bonds is 3. The minimum Gasteiger partial charge on any atom is -0.331 e. The molecule has 0 saturated heterocycles. The average Bonchev–Trinajstić information content (AvgIpc) is 3.00. The van der Waals surface area contributed by atoms with Crippen LogP contribution in [-0.2, 0) is 16.0 Å². The van der Waals surface area contributed by atoms with Crippen molar-refractivity contribution in [3.63, 3.8) is 0 Å². The van der Waals surface area contributed by atoms with E-state index in [2.05, 4.69) is 4.98 Å². The standard InChI is InChI=1S/C17H25F3N2O2S/c1-25(23,24)14-9-7-13(8-10-14)22-11-15(17(18,19)20)21-16(22)12-5-3-2-4-6-12/h11-14H,2-10H2,1H3. The Morgan fingerprint density at radius 2 is 1.64 bits per heavy atom. The Bertz CT molecular complexity index is 698. The molecule has 1 aromatic rings. The summed E-state index contributed by atoms with van der Waals surface area (Å²) in [6.07, 6.45) is 5.08. The lowest BCUT2D eigenvalue weighted by atomic mass is 9.88. The molecule has 0 unspecified atom stereocenters. The topological polar surface area (TPSA) is 52.0 Å². The molecule has 0 bridgehead atoms. The highest BCUT2D eigenvalue weighted by atomic mass is 32.2. The van der Waals surface area contributed by atoms with Crippen LogP contribution >= 0.6 is 0 Å². The van der Waals surface area contributed by atoms with E-state index < -0.39 is 21.7 Å². The van der Waals surface area contributed by atoms with Crippen LogP contribution in [0.15, 0.2) is 6.20 Å². The number of sulfone groups is 1. The molecule has 2 saturated carbocycles. The predicted octanol–water partition coefficient (Wildman–Crippen LogP) is 4.48. The molecule has 0 aromatic carbocycles. The van der Waals surface area contributed by atoms with E-state index in [4.69, 9.17) is 0 Å². The lowest BCUT2D eigenvalue weighted by molar-refractivity contribution is -0.141. The number of hydrogen-bond acceptors (Lipinski definition) is 3. The molecular formula is C17H25F3N2O2S. The van der Waals surface area contributed by atoms with Gasteiger partial charge < -0.3 is 4.57 Å². The third kappa shape index (κ3) is 4.20. The Morgan fingerprint density at radius 1 is 1.04 bits per heavy atom. The van der Waals surface area contributed by atoms with Crippen molar-refractivity contribution in [2.75, 3.05) is 6.26 Å². The average molecular weight is 378 g/mol. The predicted molar refractivity (Wildman–Crippen MR) is 89.2 cm³/mol. The van der Waals surface area contributed by atoms with Crippen molar-refractivity contribution in [1.29, 1.82) is 0 Å². The van der Waals surface area contributed by atoms with Crippen LogP contribution in [0.25, 0.3) is 0 Å². The summed E-state index contributed by atoms with van der Waals surface area (Å²) in [7, 11) is -3.09. The Labute approximate surface area is 146 Å². The van der Waals surface area contributed by atoms with Gasteiger partial charge >= 0.3 is 6.18 Å². The van der Waals surface area contributed by atoms with Gasteiger partial charge in [0.15, 0.2) is 5.69 Å². The van der Waals surface area contributed by atoms with Crippen LogP contribution in [-0.4, -0.2) is 29.5 Å². The Morgan fingerprint density at radius 3 is 2.16 bits per heavy atom. The zero-order valence-corrected chi connectivity index (χ0v) is 15.2. The number of aromatic nitrogens is 2. The first-order valence-electron chi connectivity index (χ1n) is 9.01. The van der Waals surface area contributed by atoms with Gasteiger partial charge in [-0.15, -0.1) is 0 Å². The molecule has 0 N–H and O–H groups in total. The molecule has 4 nitrogen and oxygen atoms in total. The fourth-order valence-corrected chi connectivity index (χ4v) is 5.38. The van der Waals surface area contributed by atoms with Gasteiger partial charge in [-0.2, -0.15) is 13.2 Å². The van der Waals surface area contributed by atoms with E-state index in [9.17, 15) is 21.6 Å². The van der Waals surface area contributed by atoms with Crippen LogP contribution in [0.5, 0.6) is 0 Å². The summed E-state index contributed by atoms with van der Waals surface area (Å²) in [5.41, 5.74) is -0.821. The van der Waals surface area contributed by atoms with Gasteiger partial charge in [0.05, 0.1) is 5.25 Å². The van der Waals surface area contributed by atoms with Crippen molar-refractivity contribution in [1.82, 2.24) is 9.55 Å². The van der Waals surface area contributed by atoms with Crippen molar-refractivity contribution >= 4 is 9.84 Å². The molecule has 25 heavy (non-hydrogen) atoms. The molecule has 2 fully saturated rings. The van der Waals surface area contributed by atoms with Crippen LogP contribution in [0, 0.1) is 0 Å². The Hall–Kier alpha value is -1.05. The number of halogens is 3. The summed E-state index contributed by atoms with van der Waals surface area (Å²) >= 11 is 0. The maximum Gasteiger partial charge on any atom is 0.434 e. The third-order valence-electron chi connectivity index (χ3n) is 5.66. The largest absolute Gasteiger partial charge is 0.434 e. The van der Waals surface area contributed by atoms with Crippen LogP contribution in [0.2, 0.25) is 0 Å².